The Morgan fingerprint density at radius 1 is 1.21 bits per heavy atom. The van der Waals surface area contributed by atoms with Crippen LogP contribution >= 0.6 is 11.8 Å². The fourth-order valence-electron chi connectivity index (χ4n) is 2.87. The third-order valence-electron chi connectivity index (χ3n) is 4.59. The molecule has 0 unspecified atom stereocenters. The summed E-state index contributed by atoms with van der Waals surface area (Å²) in [7, 11) is 0. The van der Waals surface area contributed by atoms with Crippen molar-refractivity contribution in [3.8, 4) is 5.69 Å². The zero-order valence-electron chi connectivity index (χ0n) is 15.5. The van der Waals surface area contributed by atoms with Crippen LogP contribution < -0.4 is 5.32 Å². The predicted octanol–water partition coefficient (Wildman–Crippen LogP) is 4.08. The van der Waals surface area contributed by atoms with Gasteiger partial charge >= 0.3 is 0 Å². The number of carbonyl (C=O) groups excluding carboxylic acids is 1. The van der Waals surface area contributed by atoms with Gasteiger partial charge in [-0.05, 0) is 49.6 Å². The number of thioether (sulfide) groups is 1. The fourth-order valence-corrected chi connectivity index (χ4v) is 3.65. The van der Waals surface area contributed by atoms with Crippen molar-refractivity contribution in [1.82, 2.24) is 20.1 Å². The van der Waals surface area contributed by atoms with Gasteiger partial charge in [0.2, 0.25) is 11.1 Å². The van der Waals surface area contributed by atoms with Gasteiger partial charge in [0.1, 0.15) is 11.6 Å². The van der Waals surface area contributed by atoms with Gasteiger partial charge in [-0.15, -0.1) is 5.10 Å². The van der Waals surface area contributed by atoms with Crippen molar-refractivity contribution < 1.29 is 9.18 Å². The Bertz CT molecular complexity index is 954. The molecule has 0 bridgehead atoms. The van der Waals surface area contributed by atoms with Crippen LogP contribution in [-0.4, -0.2) is 25.9 Å². The number of amides is 1. The smallest absolute Gasteiger partial charge is 0.233 e. The van der Waals surface area contributed by atoms with Crippen LogP contribution in [-0.2, 0) is 11.3 Å². The molecule has 0 saturated heterocycles. The summed E-state index contributed by atoms with van der Waals surface area (Å²) in [6, 6.07) is 16.1. The van der Waals surface area contributed by atoms with Gasteiger partial charge in [-0.25, -0.2) is 14.1 Å². The molecular formula is C21H21FN4OS. The average molecular weight is 396 g/mol. The van der Waals surface area contributed by atoms with Crippen molar-refractivity contribution in [2.24, 2.45) is 0 Å². The van der Waals surface area contributed by atoms with E-state index >= 15 is 0 Å². The molecule has 7 heteroatoms. The number of hydrogen-bond donors (Lipinski definition) is 1. The van der Waals surface area contributed by atoms with Crippen molar-refractivity contribution in [3.05, 3.63) is 71.8 Å². The minimum Gasteiger partial charge on any atom is -0.351 e. The van der Waals surface area contributed by atoms with Crippen LogP contribution in [0.2, 0.25) is 0 Å². The predicted molar refractivity (Wildman–Crippen MR) is 107 cm³/mol. The second kappa shape index (κ2) is 8.14. The molecule has 1 saturated carbocycles. The number of rotatable bonds is 7. The third kappa shape index (κ3) is 4.42. The van der Waals surface area contributed by atoms with Crippen LogP contribution in [0, 0.1) is 5.82 Å². The zero-order chi connectivity index (χ0) is 19.5. The van der Waals surface area contributed by atoms with Gasteiger partial charge in [0.15, 0.2) is 0 Å². The monoisotopic (exact) mass is 396 g/mol. The van der Waals surface area contributed by atoms with Gasteiger partial charge in [0, 0.05) is 12.5 Å². The van der Waals surface area contributed by atoms with E-state index in [0.717, 1.165) is 29.9 Å². The van der Waals surface area contributed by atoms with E-state index in [-0.39, 0.29) is 17.0 Å². The maximum Gasteiger partial charge on any atom is 0.233 e. The molecule has 3 aromatic rings. The Labute approximate surface area is 167 Å². The quantitative estimate of drug-likeness (QED) is 0.612. The van der Waals surface area contributed by atoms with E-state index in [1.165, 1.54) is 23.9 Å². The van der Waals surface area contributed by atoms with Crippen LogP contribution in [0.1, 0.15) is 37.1 Å². The topological polar surface area (TPSA) is 59.8 Å². The molecule has 1 aliphatic carbocycles. The van der Waals surface area contributed by atoms with Gasteiger partial charge < -0.3 is 5.32 Å². The Morgan fingerprint density at radius 3 is 2.61 bits per heavy atom. The van der Waals surface area contributed by atoms with E-state index in [1.807, 2.05) is 41.9 Å². The lowest BCUT2D eigenvalue weighted by atomic mass is 10.2. The highest BCUT2D eigenvalue weighted by Gasteiger charge is 2.31. The van der Waals surface area contributed by atoms with Crippen molar-refractivity contribution >= 4 is 17.7 Å². The maximum absolute atomic E-state index is 13.0. The maximum atomic E-state index is 13.0. The highest BCUT2D eigenvalue weighted by Crippen LogP contribution is 2.40. The molecule has 144 valence electrons. The molecular weight excluding hydrogens is 375 g/mol. The number of hydrogen-bond acceptors (Lipinski definition) is 4. The Kier molecular flexibility index (Phi) is 5.43. The minimum absolute atomic E-state index is 0.0987. The first-order valence-electron chi connectivity index (χ1n) is 9.31. The lowest BCUT2D eigenvalue weighted by molar-refractivity contribution is -0.120. The summed E-state index contributed by atoms with van der Waals surface area (Å²) in [5.74, 6) is 1.03. The standard InChI is InChI=1S/C21H21FN4OS/c1-14(20(27)23-13-15-7-11-17(22)12-8-15)28-21-24-19(16-9-10-16)26(25-21)18-5-3-2-4-6-18/h2-8,11-12,14,16H,9-10,13H2,1H3,(H,23,27)/t14-/m1/s1. The molecule has 5 nitrogen and oxygen atoms in total. The van der Waals surface area contributed by atoms with E-state index in [9.17, 15) is 9.18 Å². The lowest BCUT2D eigenvalue weighted by Gasteiger charge is -2.10. The van der Waals surface area contributed by atoms with Gasteiger partial charge in [0.25, 0.3) is 0 Å². The fraction of sp³-hybridized carbons (Fsp3) is 0.286. The number of benzene rings is 2. The summed E-state index contributed by atoms with van der Waals surface area (Å²) in [5.41, 5.74) is 1.84. The Morgan fingerprint density at radius 2 is 1.93 bits per heavy atom. The number of para-hydroxylation sites is 1. The second-order valence-corrected chi connectivity index (χ2v) is 8.19. The van der Waals surface area contributed by atoms with E-state index in [4.69, 9.17) is 4.98 Å². The number of carbonyl (C=O) groups is 1. The molecule has 1 fully saturated rings. The van der Waals surface area contributed by atoms with Crippen molar-refractivity contribution in [1.29, 1.82) is 0 Å². The molecule has 1 aliphatic rings. The Hall–Kier alpha value is -2.67. The molecule has 1 amide bonds. The summed E-state index contributed by atoms with van der Waals surface area (Å²) >= 11 is 1.35. The Balaban J connectivity index is 1.42. The summed E-state index contributed by atoms with van der Waals surface area (Å²) in [5, 5.41) is 7.79. The molecule has 0 aliphatic heterocycles. The number of halogens is 1. The summed E-state index contributed by atoms with van der Waals surface area (Å²) in [6.07, 6.45) is 2.26. The molecule has 4 rings (SSSR count). The van der Waals surface area contributed by atoms with E-state index in [1.54, 1.807) is 12.1 Å². The van der Waals surface area contributed by atoms with E-state index in [0.29, 0.717) is 17.6 Å². The second-order valence-electron chi connectivity index (χ2n) is 6.88. The molecule has 2 aromatic carbocycles. The molecule has 0 spiro atoms. The average Bonchev–Trinajstić information content (AvgIpc) is 3.48. The van der Waals surface area contributed by atoms with Crippen LogP contribution in [0.4, 0.5) is 4.39 Å². The van der Waals surface area contributed by atoms with Crippen LogP contribution in [0.5, 0.6) is 0 Å². The largest absolute Gasteiger partial charge is 0.351 e. The van der Waals surface area contributed by atoms with Crippen LogP contribution in [0.3, 0.4) is 0 Å². The van der Waals surface area contributed by atoms with Crippen molar-refractivity contribution in [2.75, 3.05) is 0 Å². The lowest BCUT2D eigenvalue weighted by Crippen LogP contribution is -2.30. The first kappa shape index (κ1) is 18.7. The van der Waals surface area contributed by atoms with Gasteiger partial charge in [0.05, 0.1) is 10.9 Å². The number of nitrogens with zero attached hydrogens (tertiary/aromatic N) is 3. The molecule has 1 atom stereocenters. The third-order valence-corrected chi connectivity index (χ3v) is 5.54. The summed E-state index contributed by atoms with van der Waals surface area (Å²) < 4.78 is 14.9. The molecule has 1 N–H and O–H groups in total. The normalized spacial score (nSPS) is 14.6. The number of aromatic nitrogens is 3. The van der Waals surface area contributed by atoms with Crippen LogP contribution in [0.25, 0.3) is 5.69 Å². The van der Waals surface area contributed by atoms with Crippen molar-refractivity contribution in [2.45, 2.75) is 42.6 Å². The molecule has 1 heterocycles. The first-order chi connectivity index (χ1) is 13.6. The molecule has 1 aromatic heterocycles. The summed E-state index contributed by atoms with van der Waals surface area (Å²) in [6.45, 7) is 2.20. The SMILES string of the molecule is C[C@@H](Sc1nc(C2CC2)n(-c2ccccc2)n1)C(=O)NCc1ccc(F)cc1. The highest BCUT2D eigenvalue weighted by atomic mass is 32.2. The van der Waals surface area contributed by atoms with Crippen molar-refractivity contribution in [3.63, 3.8) is 0 Å². The van der Waals surface area contributed by atoms with Gasteiger partial charge in [-0.3, -0.25) is 4.79 Å². The highest BCUT2D eigenvalue weighted by molar-refractivity contribution is 8.00. The minimum atomic E-state index is -0.334. The van der Waals surface area contributed by atoms with Gasteiger partial charge in [-0.1, -0.05) is 42.1 Å². The van der Waals surface area contributed by atoms with Crippen LogP contribution in [0.15, 0.2) is 59.8 Å². The van der Waals surface area contributed by atoms with E-state index < -0.39 is 0 Å². The zero-order valence-corrected chi connectivity index (χ0v) is 16.3. The van der Waals surface area contributed by atoms with E-state index in [2.05, 4.69) is 10.4 Å². The summed E-state index contributed by atoms with van der Waals surface area (Å²) in [4.78, 5) is 17.1. The van der Waals surface area contributed by atoms with Gasteiger partial charge in [-0.2, -0.15) is 0 Å². The number of nitrogens with one attached hydrogen (secondary N) is 1. The molecule has 0 radical (unpaired) electrons. The molecule has 28 heavy (non-hydrogen) atoms. The first-order valence-corrected chi connectivity index (χ1v) is 10.2.